The Morgan fingerprint density at radius 1 is 0.722 bits per heavy atom. The van der Waals surface area contributed by atoms with Gasteiger partial charge in [-0.05, 0) is 60.7 Å². The molecule has 1 fully saturated rings. The lowest BCUT2D eigenvalue weighted by molar-refractivity contribution is -0.138. The van der Waals surface area contributed by atoms with Crippen LogP contribution in [0, 0.1) is 5.92 Å². The van der Waals surface area contributed by atoms with Gasteiger partial charge in [0, 0.05) is 17.0 Å². The van der Waals surface area contributed by atoms with Gasteiger partial charge in [0.05, 0.1) is 17.2 Å². The second-order valence-corrected chi connectivity index (χ2v) is 9.14. The van der Waals surface area contributed by atoms with E-state index in [2.05, 4.69) is 0 Å². The molecule has 0 unspecified atom stereocenters. The number of hydrogen-bond donors (Lipinski definition) is 0. The Bertz CT molecular complexity index is 1500. The van der Waals surface area contributed by atoms with Crippen molar-refractivity contribution in [1.29, 1.82) is 0 Å². The van der Waals surface area contributed by atoms with Crippen molar-refractivity contribution in [3.8, 4) is 17.2 Å². The monoisotopic (exact) mass is 477 g/mol. The summed E-state index contributed by atoms with van der Waals surface area (Å²) < 4.78 is 11.6. The topological polar surface area (TPSA) is 72.9 Å². The average molecular weight is 478 g/mol. The van der Waals surface area contributed by atoms with E-state index in [0.29, 0.717) is 39.4 Å². The largest absolute Gasteiger partial charge is 0.457 e. The van der Waals surface area contributed by atoms with E-state index in [-0.39, 0.29) is 11.9 Å². The predicted octanol–water partition coefficient (Wildman–Crippen LogP) is 6.53. The molecule has 1 aliphatic carbocycles. The SMILES string of the molecule is O=C(Oc1cccc(N2C(=O)c3cccc4cc(Oc5ccccc5)cc(c34)C2=O)c1)C1CCCC1. The molecule has 0 atom stereocenters. The lowest BCUT2D eigenvalue weighted by Gasteiger charge is -2.28. The van der Waals surface area contributed by atoms with Gasteiger partial charge in [0.2, 0.25) is 0 Å². The molecule has 0 radical (unpaired) electrons. The summed E-state index contributed by atoms with van der Waals surface area (Å²) >= 11 is 0. The first-order chi connectivity index (χ1) is 17.6. The summed E-state index contributed by atoms with van der Waals surface area (Å²) in [5, 5.41) is 1.35. The highest BCUT2D eigenvalue weighted by Crippen LogP contribution is 2.37. The van der Waals surface area contributed by atoms with E-state index in [1.807, 2.05) is 42.5 Å². The van der Waals surface area contributed by atoms with Crippen LogP contribution in [0.2, 0.25) is 0 Å². The molecule has 0 bridgehead atoms. The predicted molar refractivity (Wildman–Crippen MR) is 136 cm³/mol. The van der Waals surface area contributed by atoms with E-state index < -0.39 is 11.8 Å². The molecule has 4 aromatic carbocycles. The van der Waals surface area contributed by atoms with Crippen LogP contribution in [0.15, 0.2) is 84.9 Å². The van der Waals surface area contributed by atoms with Crippen LogP contribution in [0.4, 0.5) is 5.69 Å². The number of nitrogens with zero attached hydrogens (tertiary/aromatic N) is 1. The van der Waals surface area contributed by atoms with E-state index in [9.17, 15) is 14.4 Å². The number of carbonyl (C=O) groups excluding carboxylic acids is 3. The molecule has 0 N–H and O–H groups in total. The number of para-hydroxylation sites is 1. The van der Waals surface area contributed by atoms with Crippen molar-refractivity contribution in [3.05, 3.63) is 96.1 Å². The van der Waals surface area contributed by atoms with Gasteiger partial charge in [-0.2, -0.15) is 0 Å². The van der Waals surface area contributed by atoms with Crippen LogP contribution < -0.4 is 14.4 Å². The first kappa shape index (κ1) is 22.0. The minimum atomic E-state index is -0.457. The smallest absolute Gasteiger partial charge is 0.314 e. The fourth-order valence-corrected chi connectivity index (χ4v) is 5.05. The van der Waals surface area contributed by atoms with Crippen LogP contribution in [0.3, 0.4) is 0 Å². The van der Waals surface area contributed by atoms with Crippen molar-refractivity contribution >= 4 is 34.2 Å². The molecule has 2 aliphatic rings. The highest BCUT2D eigenvalue weighted by atomic mass is 16.5. The number of anilines is 1. The third-order valence-electron chi connectivity index (χ3n) is 6.78. The number of carbonyl (C=O) groups is 3. The van der Waals surface area contributed by atoms with Gasteiger partial charge >= 0.3 is 5.97 Å². The Balaban J connectivity index is 1.37. The summed E-state index contributed by atoms with van der Waals surface area (Å²) in [5.74, 6) is 0.222. The van der Waals surface area contributed by atoms with Crippen molar-refractivity contribution in [3.63, 3.8) is 0 Å². The third-order valence-corrected chi connectivity index (χ3v) is 6.78. The average Bonchev–Trinajstić information content (AvgIpc) is 3.43. The maximum Gasteiger partial charge on any atom is 0.314 e. The maximum atomic E-state index is 13.7. The second kappa shape index (κ2) is 8.96. The molecule has 0 aromatic heterocycles. The molecule has 178 valence electrons. The molecular formula is C30H23NO5. The van der Waals surface area contributed by atoms with Crippen LogP contribution in [-0.2, 0) is 4.79 Å². The quantitative estimate of drug-likeness (QED) is 0.186. The zero-order valence-electron chi connectivity index (χ0n) is 19.5. The van der Waals surface area contributed by atoms with Gasteiger partial charge in [0.15, 0.2) is 0 Å². The minimum absolute atomic E-state index is 0.0978. The molecule has 1 heterocycles. The molecule has 6 rings (SSSR count). The van der Waals surface area contributed by atoms with Gasteiger partial charge in [-0.3, -0.25) is 14.4 Å². The van der Waals surface area contributed by atoms with Gasteiger partial charge in [0.1, 0.15) is 17.2 Å². The molecule has 2 amide bonds. The molecule has 4 aromatic rings. The zero-order chi connectivity index (χ0) is 24.6. The van der Waals surface area contributed by atoms with Crippen LogP contribution in [0.25, 0.3) is 10.8 Å². The summed E-state index contributed by atoms with van der Waals surface area (Å²) in [7, 11) is 0. The van der Waals surface area contributed by atoms with Gasteiger partial charge in [-0.1, -0.05) is 49.2 Å². The number of imide groups is 1. The normalized spacial score (nSPS) is 15.4. The summed E-state index contributed by atoms with van der Waals surface area (Å²) in [6.07, 6.45) is 3.71. The van der Waals surface area contributed by atoms with Crippen molar-refractivity contribution in [2.45, 2.75) is 25.7 Å². The molecule has 1 saturated carbocycles. The Morgan fingerprint density at radius 2 is 1.44 bits per heavy atom. The lowest BCUT2D eigenvalue weighted by atomic mass is 9.93. The first-order valence-corrected chi connectivity index (χ1v) is 12.1. The lowest BCUT2D eigenvalue weighted by Crippen LogP contribution is -2.40. The van der Waals surface area contributed by atoms with Crippen molar-refractivity contribution in [2.24, 2.45) is 5.92 Å². The van der Waals surface area contributed by atoms with Crippen LogP contribution in [0.5, 0.6) is 17.2 Å². The van der Waals surface area contributed by atoms with Gasteiger partial charge in [-0.15, -0.1) is 0 Å². The second-order valence-electron chi connectivity index (χ2n) is 9.14. The van der Waals surface area contributed by atoms with E-state index in [1.54, 1.807) is 42.5 Å². The fraction of sp³-hybridized carbons (Fsp3) is 0.167. The zero-order valence-corrected chi connectivity index (χ0v) is 19.5. The third kappa shape index (κ3) is 3.90. The van der Waals surface area contributed by atoms with Gasteiger partial charge in [0.25, 0.3) is 11.8 Å². The minimum Gasteiger partial charge on any atom is -0.457 e. The first-order valence-electron chi connectivity index (χ1n) is 12.1. The number of amides is 2. The number of ether oxygens (including phenoxy) is 2. The number of benzene rings is 4. The molecule has 6 nitrogen and oxygen atoms in total. The summed E-state index contributed by atoms with van der Waals surface area (Å²) in [6.45, 7) is 0. The van der Waals surface area contributed by atoms with Gasteiger partial charge in [-0.25, -0.2) is 4.90 Å². The van der Waals surface area contributed by atoms with E-state index >= 15 is 0 Å². The molecule has 36 heavy (non-hydrogen) atoms. The Kier molecular flexibility index (Phi) is 5.49. The van der Waals surface area contributed by atoms with Gasteiger partial charge < -0.3 is 9.47 Å². The summed E-state index contributed by atoms with van der Waals surface area (Å²) in [6, 6.07) is 24.8. The molecule has 6 heteroatoms. The number of hydrogen-bond acceptors (Lipinski definition) is 5. The molecular weight excluding hydrogens is 454 g/mol. The Labute approximate surface area is 208 Å². The fourth-order valence-electron chi connectivity index (χ4n) is 5.05. The summed E-state index contributed by atoms with van der Waals surface area (Å²) in [5.41, 5.74) is 1.16. The van der Waals surface area contributed by atoms with E-state index in [1.165, 1.54) is 0 Å². The molecule has 0 spiro atoms. The highest BCUT2D eigenvalue weighted by molar-refractivity contribution is 6.36. The van der Waals surface area contributed by atoms with Crippen LogP contribution >= 0.6 is 0 Å². The number of rotatable bonds is 5. The summed E-state index contributed by atoms with van der Waals surface area (Å²) in [4.78, 5) is 40.9. The van der Waals surface area contributed by atoms with Crippen LogP contribution in [0.1, 0.15) is 46.4 Å². The van der Waals surface area contributed by atoms with E-state index in [0.717, 1.165) is 36.0 Å². The Hall–Kier alpha value is -4.45. The maximum absolute atomic E-state index is 13.7. The number of esters is 1. The van der Waals surface area contributed by atoms with Crippen LogP contribution in [-0.4, -0.2) is 17.8 Å². The van der Waals surface area contributed by atoms with Crippen molar-refractivity contribution in [2.75, 3.05) is 4.90 Å². The molecule has 0 saturated heterocycles. The standard InChI is InChI=1S/C30H23NO5/c32-28-25-15-6-10-20-16-24(35-22-12-2-1-3-13-22)18-26(27(20)25)29(33)31(28)21-11-7-14-23(17-21)36-30(34)19-8-4-5-9-19/h1-3,6-7,10-19H,4-5,8-9H2. The molecule has 1 aliphatic heterocycles. The van der Waals surface area contributed by atoms with E-state index in [4.69, 9.17) is 9.47 Å². The Morgan fingerprint density at radius 3 is 2.25 bits per heavy atom. The highest BCUT2D eigenvalue weighted by Gasteiger charge is 2.35. The van der Waals surface area contributed by atoms with Crippen molar-refractivity contribution in [1.82, 2.24) is 0 Å². The van der Waals surface area contributed by atoms with Crippen molar-refractivity contribution < 1.29 is 23.9 Å².